The van der Waals surface area contributed by atoms with Gasteiger partial charge in [0.15, 0.2) is 5.78 Å². The van der Waals surface area contributed by atoms with E-state index in [1.165, 1.54) is 36.8 Å². The molecule has 152 valence electrons. The monoisotopic (exact) mass is 383 g/mol. The van der Waals surface area contributed by atoms with Gasteiger partial charge < -0.3 is 5.32 Å². The van der Waals surface area contributed by atoms with Gasteiger partial charge in [-0.15, -0.1) is 0 Å². The number of carbonyl (C=O) groups excluding carboxylic acids is 3. The average molecular weight is 384 g/mol. The maximum atomic E-state index is 13.2. The van der Waals surface area contributed by atoms with Crippen molar-refractivity contribution in [3.63, 3.8) is 0 Å². The Labute approximate surface area is 168 Å². The first kappa shape index (κ1) is 19.6. The van der Waals surface area contributed by atoms with Gasteiger partial charge in [-0.2, -0.15) is 0 Å². The number of Topliss-reactive ketones (excluding diaryl/α,β-unsaturated/α-hetero) is 1. The number of nitrogens with one attached hydrogen (secondary N) is 1. The maximum absolute atomic E-state index is 13.2. The second kappa shape index (κ2) is 7.61. The van der Waals surface area contributed by atoms with Crippen LogP contribution in [0.1, 0.15) is 77.6 Å². The molecule has 0 aromatic carbocycles. The van der Waals surface area contributed by atoms with Crippen LogP contribution in [-0.4, -0.2) is 24.5 Å². The first-order chi connectivity index (χ1) is 13.4. The van der Waals surface area contributed by atoms with Gasteiger partial charge in [-0.3, -0.25) is 14.4 Å². The fraction of sp³-hybridized carbons (Fsp3) is 0.708. The number of hydrogen-bond acceptors (Lipinski definition) is 3. The zero-order valence-electron chi connectivity index (χ0n) is 17.3. The number of unbranched alkanes of at least 4 members (excludes halogenated alkanes) is 1. The van der Waals surface area contributed by atoms with Gasteiger partial charge in [0.25, 0.3) is 0 Å². The topological polar surface area (TPSA) is 63.2 Å². The predicted octanol–water partition coefficient (Wildman–Crippen LogP) is 4.29. The van der Waals surface area contributed by atoms with Crippen LogP contribution in [0.5, 0.6) is 0 Å². The summed E-state index contributed by atoms with van der Waals surface area (Å²) in [5.41, 5.74) is 4.06. The van der Waals surface area contributed by atoms with Crippen LogP contribution in [-0.2, 0) is 14.4 Å². The smallest absolute Gasteiger partial charge is 0.219 e. The van der Waals surface area contributed by atoms with Gasteiger partial charge in [-0.1, -0.05) is 25.3 Å². The molecule has 4 aliphatic carbocycles. The van der Waals surface area contributed by atoms with Crippen LogP contribution < -0.4 is 5.32 Å². The zero-order chi connectivity index (χ0) is 19.9. The van der Waals surface area contributed by atoms with E-state index in [0.717, 1.165) is 31.3 Å². The molecule has 0 spiro atoms. The van der Waals surface area contributed by atoms with Crippen molar-refractivity contribution in [2.45, 2.75) is 77.6 Å². The number of amides is 1. The summed E-state index contributed by atoms with van der Waals surface area (Å²) in [5, 5.41) is 2.70. The van der Waals surface area contributed by atoms with Crippen molar-refractivity contribution in [1.29, 1.82) is 0 Å². The molecule has 0 aliphatic heterocycles. The molecule has 2 fully saturated rings. The van der Waals surface area contributed by atoms with Crippen LogP contribution in [0.2, 0.25) is 0 Å². The van der Waals surface area contributed by atoms with E-state index in [1.54, 1.807) is 13.1 Å². The SMILES string of the molecule is CNC(=O)CCCC[C@H]1C[C@]2(C)CCC[C@H]2[C@@H]2C(=O)CC3=CC(=O)CCC3=C12. The van der Waals surface area contributed by atoms with Crippen molar-refractivity contribution in [3.05, 3.63) is 22.8 Å². The molecule has 4 aliphatic rings. The highest BCUT2D eigenvalue weighted by Gasteiger charge is 2.54. The van der Waals surface area contributed by atoms with Crippen LogP contribution >= 0.6 is 0 Å². The molecule has 4 rings (SSSR count). The fourth-order valence-corrected chi connectivity index (χ4v) is 6.66. The molecule has 4 atom stereocenters. The Kier molecular flexibility index (Phi) is 5.32. The molecular weight excluding hydrogens is 350 g/mol. The molecule has 0 bridgehead atoms. The van der Waals surface area contributed by atoms with Gasteiger partial charge in [0, 0.05) is 32.2 Å². The Morgan fingerprint density at radius 1 is 1.25 bits per heavy atom. The Morgan fingerprint density at radius 2 is 2.07 bits per heavy atom. The number of carbonyl (C=O) groups is 3. The van der Waals surface area contributed by atoms with Crippen LogP contribution in [0.25, 0.3) is 0 Å². The summed E-state index contributed by atoms with van der Waals surface area (Å²) in [7, 11) is 1.69. The molecule has 0 heterocycles. The molecule has 4 heteroatoms. The zero-order valence-corrected chi connectivity index (χ0v) is 17.3. The highest BCUT2D eigenvalue weighted by Crippen LogP contribution is 2.61. The molecule has 0 aromatic heterocycles. The van der Waals surface area contributed by atoms with E-state index >= 15 is 0 Å². The average Bonchev–Trinajstić information content (AvgIpc) is 3.05. The Hall–Kier alpha value is -1.71. The normalized spacial score (nSPS) is 34.5. The first-order valence-electron chi connectivity index (χ1n) is 11.1. The van der Waals surface area contributed by atoms with Gasteiger partial charge in [0.2, 0.25) is 5.91 Å². The summed E-state index contributed by atoms with van der Waals surface area (Å²) >= 11 is 0. The van der Waals surface area contributed by atoms with E-state index in [2.05, 4.69) is 12.2 Å². The lowest BCUT2D eigenvalue weighted by atomic mass is 9.53. The molecule has 1 amide bonds. The molecule has 0 unspecified atom stereocenters. The summed E-state index contributed by atoms with van der Waals surface area (Å²) in [5.74, 6) is 1.65. The third-order valence-electron chi connectivity index (χ3n) is 7.94. The van der Waals surface area contributed by atoms with Crippen molar-refractivity contribution in [3.8, 4) is 0 Å². The van der Waals surface area contributed by atoms with E-state index < -0.39 is 0 Å². The van der Waals surface area contributed by atoms with Crippen molar-refractivity contribution in [1.82, 2.24) is 5.32 Å². The van der Waals surface area contributed by atoms with Crippen molar-refractivity contribution < 1.29 is 14.4 Å². The molecule has 0 saturated heterocycles. The number of ketones is 2. The van der Waals surface area contributed by atoms with Gasteiger partial charge >= 0.3 is 0 Å². The molecule has 0 aromatic rings. The molecule has 2 saturated carbocycles. The molecule has 0 radical (unpaired) electrons. The lowest BCUT2D eigenvalue weighted by Gasteiger charge is -2.50. The quantitative estimate of drug-likeness (QED) is 0.720. The minimum absolute atomic E-state index is 0.0885. The minimum Gasteiger partial charge on any atom is -0.359 e. The highest BCUT2D eigenvalue weighted by atomic mass is 16.1. The molecule has 4 nitrogen and oxygen atoms in total. The second-order valence-corrected chi connectivity index (χ2v) is 9.66. The first-order valence-corrected chi connectivity index (χ1v) is 11.1. The summed E-state index contributed by atoms with van der Waals surface area (Å²) in [4.78, 5) is 36.7. The number of rotatable bonds is 5. The summed E-state index contributed by atoms with van der Waals surface area (Å²) < 4.78 is 0. The fourth-order valence-electron chi connectivity index (χ4n) is 6.66. The summed E-state index contributed by atoms with van der Waals surface area (Å²) in [6.07, 6.45) is 12.0. The van der Waals surface area contributed by atoms with Crippen LogP contribution in [0.15, 0.2) is 22.8 Å². The predicted molar refractivity (Wildman–Crippen MR) is 109 cm³/mol. The van der Waals surface area contributed by atoms with E-state index in [0.29, 0.717) is 36.9 Å². The van der Waals surface area contributed by atoms with Crippen molar-refractivity contribution >= 4 is 17.5 Å². The highest BCUT2D eigenvalue weighted by molar-refractivity contribution is 5.97. The van der Waals surface area contributed by atoms with E-state index in [4.69, 9.17) is 0 Å². The van der Waals surface area contributed by atoms with E-state index in [9.17, 15) is 14.4 Å². The minimum atomic E-state index is 0.0885. The third-order valence-corrected chi connectivity index (χ3v) is 7.94. The van der Waals surface area contributed by atoms with Crippen LogP contribution in [0.4, 0.5) is 0 Å². The summed E-state index contributed by atoms with van der Waals surface area (Å²) in [6, 6.07) is 0. The number of hydrogen-bond donors (Lipinski definition) is 1. The lowest BCUT2D eigenvalue weighted by molar-refractivity contribution is -0.126. The van der Waals surface area contributed by atoms with Gasteiger partial charge in [-0.05, 0) is 73.0 Å². The largest absolute Gasteiger partial charge is 0.359 e. The van der Waals surface area contributed by atoms with Gasteiger partial charge in [0.05, 0.1) is 0 Å². The molecule has 28 heavy (non-hydrogen) atoms. The standard InChI is InChI=1S/C24H33NO3/c1-24-11-5-7-19(24)23-20(27)13-16-12-17(26)9-10-18(16)22(23)15(14-24)6-3-4-8-21(28)25-2/h12,15,19,23H,3-11,13-14H2,1-2H3,(H,25,28)/t15-,19-,23+,24-/m0/s1. The van der Waals surface area contributed by atoms with Crippen molar-refractivity contribution in [2.24, 2.45) is 23.2 Å². The Balaban J connectivity index is 1.64. The van der Waals surface area contributed by atoms with Gasteiger partial charge in [-0.25, -0.2) is 0 Å². The second-order valence-electron chi connectivity index (χ2n) is 9.66. The molecular formula is C24H33NO3. The van der Waals surface area contributed by atoms with E-state index in [-0.39, 0.29) is 23.0 Å². The summed E-state index contributed by atoms with van der Waals surface area (Å²) in [6.45, 7) is 2.41. The van der Waals surface area contributed by atoms with Crippen LogP contribution in [0.3, 0.4) is 0 Å². The van der Waals surface area contributed by atoms with E-state index in [1.807, 2.05) is 0 Å². The lowest BCUT2D eigenvalue weighted by Crippen LogP contribution is -2.45. The number of allylic oxidation sites excluding steroid dienone is 4. The third kappa shape index (κ3) is 3.40. The van der Waals surface area contributed by atoms with Gasteiger partial charge in [0.1, 0.15) is 5.78 Å². The Morgan fingerprint density at radius 3 is 2.86 bits per heavy atom. The van der Waals surface area contributed by atoms with Crippen molar-refractivity contribution in [2.75, 3.05) is 7.05 Å². The number of fused-ring (bicyclic) bond motifs is 4. The Bertz CT molecular complexity index is 762. The molecule has 1 N–H and O–H groups in total. The maximum Gasteiger partial charge on any atom is 0.219 e. The van der Waals surface area contributed by atoms with Crippen LogP contribution in [0, 0.1) is 23.2 Å².